The zero-order chi connectivity index (χ0) is 11.1. The highest BCUT2D eigenvalue weighted by atomic mass is 79.9. The second-order valence-corrected chi connectivity index (χ2v) is 4.31. The van der Waals surface area contributed by atoms with Gasteiger partial charge in [0.2, 0.25) is 0 Å². The summed E-state index contributed by atoms with van der Waals surface area (Å²) in [6.45, 7) is 0. The predicted molar refractivity (Wildman–Crippen MR) is 68.6 cm³/mol. The minimum atomic E-state index is 0.383. The van der Waals surface area contributed by atoms with Crippen LogP contribution >= 0.6 is 15.9 Å². The van der Waals surface area contributed by atoms with Crippen LogP contribution in [0.2, 0.25) is 0 Å². The summed E-state index contributed by atoms with van der Waals surface area (Å²) in [5.74, 6) is 2.67. The van der Waals surface area contributed by atoms with Gasteiger partial charge in [-0.05, 0) is 31.5 Å². The van der Waals surface area contributed by atoms with Crippen molar-refractivity contribution in [2.24, 2.45) is 0 Å². The Hall–Kier alpha value is -0.780. The molecule has 1 nitrogen and oxygen atoms in total. The molecule has 0 saturated heterocycles. The monoisotopic (exact) mass is 265 g/mol. The predicted octanol–water partition coefficient (Wildman–Crippen LogP) is 3.51. The first-order chi connectivity index (χ1) is 7.29. The van der Waals surface area contributed by atoms with Crippen molar-refractivity contribution in [3.8, 4) is 12.3 Å². The number of rotatable bonds is 5. The van der Waals surface area contributed by atoms with Crippen molar-refractivity contribution < 1.29 is 0 Å². The number of benzene rings is 1. The van der Waals surface area contributed by atoms with E-state index in [2.05, 4.69) is 45.4 Å². The van der Waals surface area contributed by atoms with Gasteiger partial charge in [0, 0.05) is 16.9 Å². The fourth-order valence-corrected chi connectivity index (χ4v) is 2.18. The Labute approximate surface area is 100 Å². The maximum Gasteiger partial charge on any atom is 0.0329 e. The summed E-state index contributed by atoms with van der Waals surface area (Å²) < 4.78 is 1.16. The molecule has 1 atom stereocenters. The molecule has 1 rings (SSSR count). The standard InChI is InChI=1S/C13H16BrN/c1-3-4-5-10-13(15-2)11-8-6-7-9-12(11)14/h1,6-9,13,15H,4-5,10H2,2H3. The van der Waals surface area contributed by atoms with Crippen molar-refractivity contribution in [2.75, 3.05) is 7.05 Å². The maximum absolute atomic E-state index is 5.25. The molecule has 0 fully saturated rings. The van der Waals surface area contributed by atoms with Gasteiger partial charge in [-0.1, -0.05) is 34.1 Å². The number of terminal acetylenes is 1. The third-order valence-corrected chi connectivity index (χ3v) is 3.17. The van der Waals surface area contributed by atoms with E-state index in [0.717, 1.165) is 23.7 Å². The van der Waals surface area contributed by atoms with Gasteiger partial charge in [0.05, 0.1) is 0 Å². The summed E-state index contributed by atoms with van der Waals surface area (Å²) in [6, 6.07) is 8.68. The van der Waals surface area contributed by atoms with Crippen LogP contribution in [-0.4, -0.2) is 7.05 Å². The summed E-state index contributed by atoms with van der Waals surface area (Å²) in [7, 11) is 1.99. The second-order valence-electron chi connectivity index (χ2n) is 3.46. The molecule has 1 unspecified atom stereocenters. The number of halogens is 1. The van der Waals surface area contributed by atoms with E-state index in [4.69, 9.17) is 6.42 Å². The molecule has 0 aliphatic carbocycles. The Bertz CT molecular complexity index is 341. The average molecular weight is 266 g/mol. The van der Waals surface area contributed by atoms with E-state index in [-0.39, 0.29) is 0 Å². The van der Waals surface area contributed by atoms with Gasteiger partial charge in [-0.25, -0.2) is 0 Å². The molecule has 0 amide bonds. The quantitative estimate of drug-likeness (QED) is 0.635. The SMILES string of the molecule is C#CCCCC(NC)c1ccccc1Br. The van der Waals surface area contributed by atoms with Crippen LogP contribution in [0.25, 0.3) is 0 Å². The third kappa shape index (κ3) is 3.70. The minimum Gasteiger partial charge on any atom is -0.313 e. The average Bonchev–Trinajstić information content (AvgIpc) is 2.26. The van der Waals surface area contributed by atoms with E-state index < -0.39 is 0 Å². The molecular weight excluding hydrogens is 250 g/mol. The van der Waals surface area contributed by atoms with Crippen molar-refractivity contribution in [1.82, 2.24) is 5.32 Å². The number of nitrogens with one attached hydrogen (secondary N) is 1. The largest absolute Gasteiger partial charge is 0.313 e. The van der Waals surface area contributed by atoms with E-state index in [1.165, 1.54) is 5.56 Å². The molecule has 0 saturated carbocycles. The molecular formula is C13H16BrN. The van der Waals surface area contributed by atoms with Crippen LogP contribution in [0.4, 0.5) is 0 Å². The van der Waals surface area contributed by atoms with E-state index in [9.17, 15) is 0 Å². The van der Waals surface area contributed by atoms with Crippen molar-refractivity contribution >= 4 is 15.9 Å². The molecule has 80 valence electrons. The summed E-state index contributed by atoms with van der Waals surface area (Å²) in [6.07, 6.45) is 8.23. The number of hydrogen-bond donors (Lipinski definition) is 1. The van der Waals surface area contributed by atoms with Crippen LogP contribution in [-0.2, 0) is 0 Å². The highest BCUT2D eigenvalue weighted by Crippen LogP contribution is 2.26. The van der Waals surface area contributed by atoms with Crippen LogP contribution in [0.15, 0.2) is 28.7 Å². The van der Waals surface area contributed by atoms with Crippen LogP contribution < -0.4 is 5.32 Å². The van der Waals surface area contributed by atoms with Crippen molar-refractivity contribution in [3.05, 3.63) is 34.3 Å². The Morgan fingerprint density at radius 2 is 2.20 bits per heavy atom. The molecule has 0 heterocycles. The first-order valence-electron chi connectivity index (χ1n) is 5.14. The summed E-state index contributed by atoms with van der Waals surface area (Å²) in [4.78, 5) is 0. The maximum atomic E-state index is 5.25. The van der Waals surface area contributed by atoms with Crippen LogP contribution in [0.3, 0.4) is 0 Å². The summed E-state index contributed by atoms with van der Waals surface area (Å²) in [5, 5.41) is 3.32. The van der Waals surface area contributed by atoms with Crippen LogP contribution in [0, 0.1) is 12.3 Å². The molecule has 0 aliphatic heterocycles. The van der Waals surface area contributed by atoms with Gasteiger partial charge in [0.15, 0.2) is 0 Å². The van der Waals surface area contributed by atoms with Crippen molar-refractivity contribution in [2.45, 2.75) is 25.3 Å². The lowest BCUT2D eigenvalue weighted by Crippen LogP contribution is -2.16. The molecule has 0 aliphatic rings. The van der Waals surface area contributed by atoms with Crippen molar-refractivity contribution in [3.63, 3.8) is 0 Å². The molecule has 1 N–H and O–H groups in total. The Morgan fingerprint density at radius 3 is 2.80 bits per heavy atom. The zero-order valence-electron chi connectivity index (χ0n) is 8.96. The van der Waals surface area contributed by atoms with Gasteiger partial charge >= 0.3 is 0 Å². The number of unbranched alkanes of at least 4 members (excludes halogenated alkanes) is 1. The van der Waals surface area contributed by atoms with Gasteiger partial charge in [-0.2, -0.15) is 0 Å². The van der Waals surface area contributed by atoms with E-state index in [0.29, 0.717) is 6.04 Å². The van der Waals surface area contributed by atoms with E-state index in [1.54, 1.807) is 0 Å². The molecule has 0 aromatic heterocycles. The fraction of sp³-hybridized carbons (Fsp3) is 0.385. The van der Waals surface area contributed by atoms with E-state index in [1.807, 2.05) is 13.1 Å². The van der Waals surface area contributed by atoms with Gasteiger partial charge in [0.25, 0.3) is 0 Å². The summed E-state index contributed by atoms with van der Waals surface area (Å²) >= 11 is 3.57. The number of hydrogen-bond acceptors (Lipinski definition) is 1. The van der Waals surface area contributed by atoms with Gasteiger partial charge in [0.1, 0.15) is 0 Å². The van der Waals surface area contributed by atoms with E-state index >= 15 is 0 Å². The summed E-state index contributed by atoms with van der Waals surface area (Å²) in [5.41, 5.74) is 1.30. The fourth-order valence-electron chi connectivity index (χ4n) is 1.62. The molecule has 0 radical (unpaired) electrons. The van der Waals surface area contributed by atoms with Crippen LogP contribution in [0.5, 0.6) is 0 Å². The topological polar surface area (TPSA) is 12.0 Å². The molecule has 1 aromatic rings. The molecule has 2 heteroatoms. The zero-order valence-corrected chi connectivity index (χ0v) is 10.5. The lowest BCUT2D eigenvalue weighted by molar-refractivity contribution is 0.530. The van der Waals surface area contributed by atoms with Gasteiger partial charge in [-0.15, -0.1) is 12.3 Å². The van der Waals surface area contributed by atoms with Crippen LogP contribution in [0.1, 0.15) is 30.9 Å². The molecule has 1 aromatic carbocycles. The van der Waals surface area contributed by atoms with Gasteiger partial charge in [-0.3, -0.25) is 0 Å². The highest BCUT2D eigenvalue weighted by molar-refractivity contribution is 9.10. The minimum absolute atomic E-state index is 0.383. The van der Waals surface area contributed by atoms with Gasteiger partial charge < -0.3 is 5.32 Å². The molecule has 0 spiro atoms. The smallest absolute Gasteiger partial charge is 0.0329 e. The first-order valence-corrected chi connectivity index (χ1v) is 5.94. The van der Waals surface area contributed by atoms with Crippen molar-refractivity contribution in [1.29, 1.82) is 0 Å². The molecule has 15 heavy (non-hydrogen) atoms. The lowest BCUT2D eigenvalue weighted by Gasteiger charge is -2.17. The third-order valence-electron chi connectivity index (χ3n) is 2.44. The lowest BCUT2D eigenvalue weighted by atomic mass is 10.0. The first kappa shape index (κ1) is 12.3. The Balaban J connectivity index is 2.66. The Morgan fingerprint density at radius 1 is 1.47 bits per heavy atom. The molecule has 0 bridgehead atoms. The normalized spacial score (nSPS) is 12.1. The Kier molecular flexibility index (Phi) is 5.45. The second kappa shape index (κ2) is 6.66. The highest BCUT2D eigenvalue weighted by Gasteiger charge is 2.10.